The predicted octanol–water partition coefficient (Wildman–Crippen LogP) is 1.78. The van der Waals surface area contributed by atoms with Crippen LogP contribution in [0.15, 0.2) is 18.2 Å². The molecule has 2 rings (SSSR count). The molecule has 1 heterocycles. The second-order valence-electron chi connectivity index (χ2n) is 4.13. The van der Waals surface area contributed by atoms with Crippen molar-refractivity contribution in [1.82, 2.24) is 5.32 Å². The zero-order valence-corrected chi connectivity index (χ0v) is 9.62. The second-order valence-corrected chi connectivity index (χ2v) is 4.13. The maximum Gasteiger partial charge on any atom is 0.122 e. The number of fused-ring (bicyclic) bond motifs is 1. The Balaban J connectivity index is 1.89. The Morgan fingerprint density at radius 3 is 3.25 bits per heavy atom. The molecule has 0 amide bonds. The van der Waals surface area contributed by atoms with Crippen LogP contribution in [0, 0.1) is 12.3 Å². The van der Waals surface area contributed by atoms with Crippen LogP contribution in [0.25, 0.3) is 0 Å². The fourth-order valence-electron chi connectivity index (χ4n) is 1.89. The molecule has 0 saturated heterocycles. The minimum absolute atomic E-state index is 0.151. The monoisotopic (exact) mass is 215 g/mol. The van der Waals surface area contributed by atoms with Gasteiger partial charge in [0.1, 0.15) is 5.75 Å². The van der Waals surface area contributed by atoms with Gasteiger partial charge in [-0.3, -0.25) is 0 Å². The van der Waals surface area contributed by atoms with Gasteiger partial charge in [0.15, 0.2) is 0 Å². The van der Waals surface area contributed by atoms with Crippen molar-refractivity contribution >= 4 is 0 Å². The van der Waals surface area contributed by atoms with Crippen molar-refractivity contribution in [2.45, 2.75) is 25.8 Å². The molecule has 2 heteroatoms. The minimum atomic E-state index is 0.151. The van der Waals surface area contributed by atoms with Gasteiger partial charge in [0.05, 0.1) is 12.6 Å². The Hall–Kier alpha value is -1.46. The minimum Gasteiger partial charge on any atom is -0.493 e. The highest BCUT2D eigenvalue weighted by Gasteiger charge is 2.11. The van der Waals surface area contributed by atoms with Crippen LogP contribution in [-0.4, -0.2) is 19.2 Å². The third kappa shape index (κ3) is 2.56. The van der Waals surface area contributed by atoms with Crippen molar-refractivity contribution < 1.29 is 4.74 Å². The molecule has 1 unspecified atom stereocenters. The number of rotatable bonds is 4. The summed E-state index contributed by atoms with van der Waals surface area (Å²) in [5.74, 6) is 3.71. The van der Waals surface area contributed by atoms with Crippen molar-refractivity contribution in [3.63, 3.8) is 0 Å². The molecular formula is C14H17NO. The molecule has 0 saturated carbocycles. The SMILES string of the molecule is C#CC(C)NCCc1ccc2c(c1)CCO2. The van der Waals surface area contributed by atoms with Gasteiger partial charge < -0.3 is 10.1 Å². The van der Waals surface area contributed by atoms with Crippen LogP contribution >= 0.6 is 0 Å². The molecule has 0 radical (unpaired) electrons. The molecule has 1 aliphatic heterocycles. The van der Waals surface area contributed by atoms with Crippen LogP contribution in [0.4, 0.5) is 0 Å². The molecule has 16 heavy (non-hydrogen) atoms. The summed E-state index contributed by atoms with van der Waals surface area (Å²) in [5, 5.41) is 3.28. The maximum atomic E-state index is 5.47. The molecule has 1 atom stereocenters. The summed E-state index contributed by atoms with van der Waals surface area (Å²) in [7, 11) is 0. The summed E-state index contributed by atoms with van der Waals surface area (Å²) in [6.07, 6.45) is 7.35. The van der Waals surface area contributed by atoms with Crippen LogP contribution in [0.3, 0.4) is 0 Å². The molecule has 0 bridgehead atoms. The topological polar surface area (TPSA) is 21.3 Å². The first-order chi connectivity index (χ1) is 7.79. The van der Waals surface area contributed by atoms with E-state index in [2.05, 4.69) is 29.4 Å². The molecule has 0 aromatic heterocycles. The Morgan fingerprint density at radius 2 is 2.44 bits per heavy atom. The smallest absolute Gasteiger partial charge is 0.122 e. The molecule has 0 aliphatic carbocycles. The normalized spacial score (nSPS) is 15.0. The van der Waals surface area contributed by atoms with Crippen molar-refractivity contribution in [3.05, 3.63) is 29.3 Å². The van der Waals surface area contributed by atoms with Crippen LogP contribution < -0.4 is 10.1 Å². The molecule has 1 aromatic carbocycles. The Labute approximate surface area is 97.0 Å². The van der Waals surface area contributed by atoms with Gasteiger partial charge in [0.2, 0.25) is 0 Å². The lowest BCUT2D eigenvalue weighted by atomic mass is 10.1. The van der Waals surface area contributed by atoms with Crippen LogP contribution in [0.1, 0.15) is 18.1 Å². The average Bonchev–Trinajstić information content (AvgIpc) is 2.76. The fraction of sp³-hybridized carbons (Fsp3) is 0.429. The molecule has 84 valence electrons. The van der Waals surface area contributed by atoms with Crippen molar-refractivity contribution in [1.29, 1.82) is 0 Å². The number of benzene rings is 1. The molecule has 0 fully saturated rings. The molecule has 1 N–H and O–H groups in total. The lowest BCUT2D eigenvalue weighted by molar-refractivity contribution is 0.357. The highest BCUT2D eigenvalue weighted by Crippen LogP contribution is 2.25. The van der Waals surface area contributed by atoms with Gasteiger partial charge in [-0.15, -0.1) is 6.42 Å². The fourth-order valence-corrected chi connectivity index (χ4v) is 1.89. The largest absolute Gasteiger partial charge is 0.493 e. The summed E-state index contributed by atoms with van der Waals surface area (Å²) in [4.78, 5) is 0. The first-order valence-electron chi connectivity index (χ1n) is 5.73. The molecular weight excluding hydrogens is 198 g/mol. The predicted molar refractivity (Wildman–Crippen MR) is 65.6 cm³/mol. The van der Waals surface area contributed by atoms with Gasteiger partial charge in [-0.1, -0.05) is 18.1 Å². The third-order valence-corrected chi connectivity index (χ3v) is 2.87. The first kappa shape index (κ1) is 11.0. The van der Waals surface area contributed by atoms with E-state index in [0.717, 1.165) is 31.7 Å². The zero-order chi connectivity index (χ0) is 11.4. The van der Waals surface area contributed by atoms with Gasteiger partial charge in [-0.25, -0.2) is 0 Å². The Kier molecular flexibility index (Phi) is 3.48. The number of hydrogen-bond acceptors (Lipinski definition) is 2. The maximum absolute atomic E-state index is 5.47. The summed E-state index contributed by atoms with van der Waals surface area (Å²) in [6.45, 7) is 3.74. The Bertz CT molecular complexity index is 406. The number of nitrogens with one attached hydrogen (secondary N) is 1. The summed E-state index contributed by atoms with van der Waals surface area (Å²) in [5.41, 5.74) is 2.68. The number of terminal acetylenes is 1. The van der Waals surface area contributed by atoms with E-state index in [1.807, 2.05) is 6.92 Å². The second kappa shape index (κ2) is 5.05. The summed E-state index contributed by atoms with van der Waals surface area (Å²) in [6, 6.07) is 6.59. The molecule has 0 spiro atoms. The summed E-state index contributed by atoms with van der Waals surface area (Å²) < 4.78 is 5.47. The van der Waals surface area contributed by atoms with Crippen LogP contribution in [0.5, 0.6) is 5.75 Å². The van der Waals surface area contributed by atoms with E-state index in [4.69, 9.17) is 11.2 Å². The van der Waals surface area contributed by atoms with E-state index < -0.39 is 0 Å². The van der Waals surface area contributed by atoms with E-state index in [1.165, 1.54) is 11.1 Å². The van der Waals surface area contributed by atoms with Gasteiger partial charge in [-0.2, -0.15) is 0 Å². The Morgan fingerprint density at radius 1 is 1.56 bits per heavy atom. The van der Waals surface area contributed by atoms with E-state index >= 15 is 0 Å². The van der Waals surface area contributed by atoms with E-state index in [-0.39, 0.29) is 6.04 Å². The van der Waals surface area contributed by atoms with E-state index in [0.29, 0.717) is 0 Å². The van der Waals surface area contributed by atoms with Crippen LogP contribution in [-0.2, 0) is 12.8 Å². The van der Waals surface area contributed by atoms with Crippen molar-refractivity contribution in [2.75, 3.05) is 13.2 Å². The highest BCUT2D eigenvalue weighted by atomic mass is 16.5. The molecule has 1 aliphatic rings. The summed E-state index contributed by atoms with van der Waals surface area (Å²) >= 11 is 0. The molecule has 2 nitrogen and oxygen atoms in total. The highest BCUT2D eigenvalue weighted by molar-refractivity contribution is 5.39. The van der Waals surface area contributed by atoms with Gasteiger partial charge in [0.25, 0.3) is 0 Å². The van der Waals surface area contributed by atoms with Gasteiger partial charge in [0, 0.05) is 13.0 Å². The first-order valence-corrected chi connectivity index (χ1v) is 5.73. The quantitative estimate of drug-likeness (QED) is 0.773. The lowest BCUT2D eigenvalue weighted by Crippen LogP contribution is -2.26. The van der Waals surface area contributed by atoms with Gasteiger partial charge in [-0.05, 0) is 30.5 Å². The van der Waals surface area contributed by atoms with E-state index in [9.17, 15) is 0 Å². The number of hydrogen-bond donors (Lipinski definition) is 1. The van der Waals surface area contributed by atoms with Crippen molar-refractivity contribution in [2.24, 2.45) is 0 Å². The molecule has 1 aromatic rings. The standard InChI is InChI=1S/C14H17NO/c1-3-11(2)15-8-6-12-4-5-14-13(10-12)7-9-16-14/h1,4-5,10-11,15H,6-9H2,2H3. The number of ether oxygens (including phenoxy) is 1. The van der Waals surface area contributed by atoms with Crippen LogP contribution in [0.2, 0.25) is 0 Å². The lowest BCUT2D eigenvalue weighted by Gasteiger charge is -2.08. The van der Waals surface area contributed by atoms with E-state index in [1.54, 1.807) is 0 Å². The average molecular weight is 215 g/mol. The zero-order valence-electron chi connectivity index (χ0n) is 9.62. The van der Waals surface area contributed by atoms with Crippen molar-refractivity contribution in [3.8, 4) is 18.1 Å². The van der Waals surface area contributed by atoms with Gasteiger partial charge >= 0.3 is 0 Å². The third-order valence-electron chi connectivity index (χ3n) is 2.87.